The first-order valence-electron chi connectivity index (χ1n) is 11.1. The van der Waals surface area contributed by atoms with Crippen molar-refractivity contribution >= 4 is 27.5 Å². The molecule has 3 aromatic rings. The van der Waals surface area contributed by atoms with Gasteiger partial charge in [0.1, 0.15) is 17.0 Å². The number of rotatable bonds is 4. The van der Waals surface area contributed by atoms with Crippen molar-refractivity contribution in [1.29, 1.82) is 0 Å². The zero-order valence-electron chi connectivity index (χ0n) is 17.8. The van der Waals surface area contributed by atoms with Gasteiger partial charge in [0.25, 0.3) is 5.56 Å². The number of carbonyl (C=O) groups is 1. The van der Waals surface area contributed by atoms with Crippen molar-refractivity contribution in [1.82, 2.24) is 14.5 Å². The number of ether oxygens (including phenoxy) is 1. The lowest BCUT2D eigenvalue weighted by Crippen LogP contribution is -2.51. The smallest absolute Gasteiger partial charge is 0.271 e. The van der Waals surface area contributed by atoms with Crippen molar-refractivity contribution in [2.24, 2.45) is 5.92 Å². The molecular weight excluding hydrogens is 410 g/mol. The van der Waals surface area contributed by atoms with Crippen LogP contribution in [0.4, 0.5) is 0 Å². The van der Waals surface area contributed by atoms with Gasteiger partial charge in [-0.25, -0.2) is 4.98 Å². The summed E-state index contributed by atoms with van der Waals surface area (Å²) in [7, 11) is 1.64. The van der Waals surface area contributed by atoms with Crippen molar-refractivity contribution in [3.05, 3.63) is 47.0 Å². The molecule has 2 aromatic heterocycles. The maximum Gasteiger partial charge on any atom is 0.271 e. The lowest BCUT2D eigenvalue weighted by molar-refractivity contribution is -0.138. The number of carbonyl (C=O) groups excluding carboxylic acids is 1. The van der Waals surface area contributed by atoms with Gasteiger partial charge in [-0.3, -0.25) is 14.2 Å². The Kier molecular flexibility index (Phi) is 5.52. The molecule has 1 saturated heterocycles. The maximum atomic E-state index is 13.1. The van der Waals surface area contributed by atoms with E-state index in [-0.39, 0.29) is 18.0 Å². The summed E-state index contributed by atoms with van der Waals surface area (Å²) >= 11 is 1.42. The molecule has 6 nitrogen and oxygen atoms in total. The van der Waals surface area contributed by atoms with Crippen LogP contribution in [0.15, 0.2) is 41.5 Å². The number of benzene rings is 1. The number of hydrogen-bond donors (Lipinski definition) is 0. The topological polar surface area (TPSA) is 64.4 Å². The van der Waals surface area contributed by atoms with Crippen molar-refractivity contribution < 1.29 is 9.53 Å². The van der Waals surface area contributed by atoms with E-state index < -0.39 is 0 Å². The zero-order valence-corrected chi connectivity index (χ0v) is 18.6. The van der Waals surface area contributed by atoms with Gasteiger partial charge in [0.05, 0.1) is 19.0 Å². The normalized spacial score (nSPS) is 21.1. The van der Waals surface area contributed by atoms with E-state index in [1.54, 1.807) is 7.11 Å². The maximum absolute atomic E-state index is 13.1. The monoisotopic (exact) mass is 437 g/mol. The van der Waals surface area contributed by atoms with Crippen LogP contribution in [-0.2, 0) is 11.3 Å². The number of likely N-dealkylation sites (tertiary alicyclic amines) is 1. The van der Waals surface area contributed by atoms with Gasteiger partial charge in [0.2, 0.25) is 5.91 Å². The van der Waals surface area contributed by atoms with E-state index in [0.717, 1.165) is 35.6 Å². The predicted octanol–water partition coefficient (Wildman–Crippen LogP) is 4.31. The number of fused-ring (bicyclic) bond motifs is 2. The summed E-state index contributed by atoms with van der Waals surface area (Å²) in [6.07, 6.45) is 8.61. The number of amides is 1. The van der Waals surface area contributed by atoms with Crippen LogP contribution >= 0.6 is 11.3 Å². The van der Waals surface area contributed by atoms with E-state index >= 15 is 0 Å². The fourth-order valence-corrected chi connectivity index (χ4v) is 6.19. The largest absolute Gasteiger partial charge is 0.497 e. The highest BCUT2D eigenvalue weighted by molar-refractivity contribution is 7.22. The summed E-state index contributed by atoms with van der Waals surface area (Å²) in [6.45, 7) is 0.881. The Hall–Kier alpha value is -2.67. The third-order valence-electron chi connectivity index (χ3n) is 6.75. The molecule has 0 bridgehead atoms. The van der Waals surface area contributed by atoms with E-state index in [1.807, 2.05) is 35.2 Å². The quantitative estimate of drug-likeness (QED) is 0.610. The Morgan fingerprint density at radius 1 is 1.16 bits per heavy atom. The Bertz CT molecular complexity index is 1150. The van der Waals surface area contributed by atoms with E-state index in [4.69, 9.17) is 4.74 Å². The molecule has 3 heterocycles. The molecule has 2 fully saturated rings. The van der Waals surface area contributed by atoms with Gasteiger partial charge in [-0.1, -0.05) is 12.8 Å². The van der Waals surface area contributed by atoms with Crippen LogP contribution < -0.4 is 10.3 Å². The summed E-state index contributed by atoms with van der Waals surface area (Å²) < 4.78 is 7.29. The molecule has 0 spiro atoms. The Morgan fingerprint density at radius 3 is 2.74 bits per heavy atom. The standard InChI is InChI=1S/C24H27N3O3S/c1-30-18-10-8-17(9-11-18)21-13-19-23(31-21)24(29)26(15-25-19)14-22(28)27-12-4-6-16-5-2-3-7-20(16)27/h8-11,13,15-16,20H,2-7,12,14H2,1H3/t16-,20+/m1/s1. The highest BCUT2D eigenvalue weighted by atomic mass is 32.1. The molecule has 162 valence electrons. The summed E-state index contributed by atoms with van der Waals surface area (Å²) in [4.78, 5) is 33.7. The molecule has 0 N–H and O–H groups in total. The lowest BCUT2D eigenvalue weighted by Gasteiger charge is -2.44. The van der Waals surface area contributed by atoms with Crippen molar-refractivity contribution in [2.45, 2.75) is 51.1 Å². The molecule has 1 aliphatic heterocycles. The second-order valence-corrected chi connectivity index (χ2v) is 9.62. The minimum atomic E-state index is -0.139. The molecule has 1 aromatic carbocycles. The van der Waals surface area contributed by atoms with Crippen LogP contribution in [-0.4, -0.2) is 40.1 Å². The molecule has 31 heavy (non-hydrogen) atoms. The zero-order chi connectivity index (χ0) is 21.4. The molecule has 1 saturated carbocycles. The van der Waals surface area contributed by atoms with Crippen LogP contribution in [0.5, 0.6) is 5.75 Å². The molecule has 1 aliphatic carbocycles. The first kappa shape index (κ1) is 20.2. The predicted molar refractivity (Wildman–Crippen MR) is 123 cm³/mol. The fourth-order valence-electron chi connectivity index (χ4n) is 5.13. The number of piperidine rings is 1. The number of methoxy groups -OCH3 is 1. The summed E-state index contributed by atoms with van der Waals surface area (Å²) in [6, 6.07) is 10.0. The van der Waals surface area contributed by atoms with Gasteiger partial charge in [0.15, 0.2) is 0 Å². The number of aromatic nitrogens is 2. The van der Waals surface area contributed by atoms with E-state index in [2.05, 4.69) is 4.98 Å². The Morgan fingerprint density at radius 2 is 1.94 bits per heavy atom. The van der Waals surface area contributed by atoms with Gasteiger partial charge >= 0.3 is 0 Å². The van der Waals surface area contributed by atoms with E-state index in [9.17, 15) is 9.59 Å². The first-order chi connectivity index (χ1) is 15.1. The first-order valence-corrected chi connectivity index (χ1v) is 11.9. The SMILES string of the molecule is COc1ccc(-c2cc3ncn(CC(=O)N4CCC[C@H]5CCCC[C@@H]54)c(=O)c3s2)cc1. The molecule has 2 atom stereocenters. The third kappa shape index (κ3) is 3.87. The second-order valence-electron chi connectivity index (χ2n) is 8.57. The minimum absolute atomic E-state index is 0.0479. The fraction of sp³-hybridized carbons (Fsp3) is 0.458. The summed E-state index contributed by atoms with van der Waals surface area (Å²) in [5, 5.41) is 0. The van der Waals surface area contributed by atoms with E-state index in [0.29, 0.717) is 22.2 Å². The van der Waals surface area contributed by atoms with Gasteiger partial charge < -0.3 is 9.64 Å². The molecular formula is C24H27N3O3S. The number of hydrogen-bond acceptors (Lipinski definition) is 5. The number of thiophene rings is 1. The summed E-state index contributed by atoms with van der Waals surface area (Å²) in [5.74, 6) is 1.47. The lowest BCUT2D eigenvalue weighted by atomic mass is 9.78. The van der Waals surface area contributed by atoms with Crippen LogP contribution in [0, 0.1) is 5.92 Å². The van der Waals surface area contributed by atoms with Crippen LogP contribution in [0.3, 0.4) is 0 Å². The van der Waals surface area contributed by atoms with Gasteiger partial charge in [-0.2, -0.15) is 0 Å². The highest BCUT2D eigenvalue weighted by Crippen LogP contribution is 2.35. The van der Waals surface area contributed by atoms with Crippen molar-refractivity contribution in [3.8, 4) is 16.2 Å². The number of nitrogens with zero attached hydrogens (tertiary/aromatic N) is 3. The molecule has 2 aliphatic rings. The van der Waals surface area contributed by atoms with Gasteiger partial charge in [0, 0.05) is 17.5 Å². The van der Waals surface area contributed by atoms with Crippen LogP contribution in [0.25, 0.3) is 20.7 Å². The highest BCUT2D eigenvalue weighted by Gasteiger charge is 2.35. The third-order valence-corrected chi connectivity index (χ3v) is 7.91. The van der Waals surface area contributed by atoms with Crippen molar-refractivity contribution in [3.63, 3.8) is 0 Å². The average molecular weight is 438 g/mol. The second kappa shape index (κ2) is 8.46. The van der Waals surface area contributed by atoms with E-state index in [1.165, 1.54) is 47.9 Å². The Balaban J connectivity index is 1.39. The minimum Gasteiger partial charge on any atom is -0.497 e. The van der Waals surface area contributed by atoms with Crippen LogP contribution in [0.1, 0.15) is 38.5 Å². The van der Waals surface area contributed by atoms with Gasteiger partial charge in [-0.15, -0.1) is 11.3 Å². The van der Waals surface area contributed by atoms with Crippen molar-refractivity contribution in [2.75, 3.05) is 13.7 Å². The molecule has 1 amide bonds. The average Bonchev–Trinajstić information content (AvgIpc) is 3.26. The molecule has 7 heteroatoms. The van der Waals surface area contributed by atoms with Crippen LogP contribution in [0.2, 0.25) is 0 Å². The molecule has 0 unspecified atom stereocenters. The van der Waals surface area contributed by atoms with Gasteiger partial charge in [-0.05, 0) is 67.5 Å². The molecule has 5 rings (SSSR count). The molecule has 0 radical (unpaired) electrons. The summed E-state index contributed by atoms with van der Waals surface area (Å²) in [5.41, 5.74) is 1.55. The Labute approximate surface area is 185 Å².